The molecule has 88 valence electrons. The molecule has 2 heteroatoms. The molecule has 0 aliphatic carbocycles. The largest absolute Gasteiger partial charge is 0.384 e. The minimum absolute atomic E-state index is 1.06. The average Bonchev–Trinajstić information content (AvgIpc) is 2.74. The van der Waals surface area contributed by atoms with E-state index < -0.39 is 0 Å². The number of aryl methyl sites for hydroxylation is 2. The van der Waals surface area contributed by atoms with Gasteiger partial charge in [-0.05, 0) is 51.4 Å². The highest BCUT2D eigenvalue weighted by molar-refractivity contribution is 5.51. The Balaban J connectivity index is 1.80. The molecule has 0 radical (unpaired) electrons. The van der Waals surface area contributed by atoms with Crippen molar-refractivity contribution in [1.29, 1.82) is 0 Å². The van der Waals surface area contributed by atoms with Crippen molar-refractivity contribution >= 4 is 5.69 Å². The maximum atomic E-state index is 3.53. The molecule has 1 aliphatic heterocycles. The van der Waals surface area contributed by atoms with E-state index in [4.69, 9.17) is 0 Å². The Labute approximate surface area is 98.7 Å². The van der Waals surface area contributed by atoms with Crippen LogP contribution in [0, 0.1) is 13.8 Å². The molecule has 0 aromatic heterocycles. The Morgan fingerprint density at radius 3 is 2.62 bits per heavy atom. The lowest BCUT2D eigenvalue weighted by atomic mass is 10.1. The molecular formula is C14H22N2. The second kappa shape index (κ2) is 5.35. The number of nitrogens with zero attached hydrogens (tertiary/aromatic N) is 1. The number of hydrogen-bond donors (Lipinski definition) is 1. The quantitative estimate of drug-likeness (QED) is 0.836. The van der Waals surface area contributed by atoms with Crippen LogP contribution in [0.2, 0.25) is 0 Å². The second-order valence-corrected chi connectivity index (χ2v) is 4.79. The highest BCUT2D eigenvalue weighted by atomic mass is 15.1. The van der Waals surface area contributed by atoms with Gasteiger partial charge >= 0.3 is 0 Å². The minimum Gasteiger partial charge on any atom is -0.384 e. The van der Waals surface area contributed by atoms with Gasteiger partial charge in [0.2, 0.25) is 0 Å². The molecule has 1 aliphatic rings. The highest BCUT2D eigenvalue weighted by Crippen LogP contribution is 2.15. The molecule has 0 atom stereocenters. The lowest BCUT2D eigenvalue weighted by molar-refractivity contribution is 0.352. The summed E-state index contributed by atoms with van der Waals surface area (Å²) in [5, 5.41) is 3.53. The Morgan fingerprint density at radius 1 is 1.19 bits per heavy atom. The first-order chi connectivity index (χ1) is 7.75. The van der Waals surface area contributed by atoms with Gasteiger partial charge in [-0.3, -0.25) is 0 Å². The van der Waals surface area contributed by atoms with Gasteiger partial charge in [-0.25, -0.2) is 0 Å². The van der Waals surface area contributed by atoms with Gasteiger partial charge in [-0.1, -0.05) is 17.7 Å². The van der Waals surface area contributed by atoms with E-state index in [-0.39, 0.29) is 0 Å². The van der Waals surface area contributed by atoms with Crippen LogP contribution in [0.4, 0.5) is 5.69 Å². The molecule has 2 nitrogen and oxygen atoms in total. The summed E-state index contributed by atoms with van der Waals surface area (Å²) in [6.07, 6.45) is 2.76. The summed E-state index contributed by atoms with van der Waals surface area (Å²) in [7, 11) is 0. The Bertz CT molecular complexity index is 341. The molecule has 0 saturated carbocycles. The summed E-state index contributed by atoms with van der Waals surface area (Å²) in [6, 6.07) is 6.60. The van der Waals surface area contributed by atoms with Crippen molar-refractivity contribution < 1.29 is 0 Å². The molecule has 1 fully saturated rings. The monoisotopic (exact) mass is 218 g/mol. The molecule has 0 unspecified atom stereocenters. The molecule has 0 bridgehead atoms. The number of benzene rings is 1. The molecule has 16 heavy (non-hydrogen) atoms. The molecule has 0 amide bonds. The van der Waals surface area contributed by atoms with E-state index in [9.17, 15) is 0 Å². The van der Waals surface area contributed by atoms with Crippen molar-refractivity contribution in [3.8, 4) is 0 Å². The van der Waals surface area contributed by atoms with Crippen LogP contribution < -0.4 is 5.32 Å². The van der Waals surface area contributed by atoms with Crippen LogP contribution in [-0.2, 0) is 0 Å². The van der Waals surface area contributed by atoms with E-state index >= 15 is 0 Å². The maximum Gasteiger partial charge on any atom is 0.0370 e. The van der Waals surface area contributed by atoms with Crippen LogP contribution in [0.25, 0.3) is 0 Å². The van der Waals surface area contributed by atoms with Gasteiger partial charge in [0.05, 0.1) is 0 Å². The fraction of sp³-hybridized carbons (Fsp3) is 0.571. The normalized spacial score (nSPS) is 16.6. The minimum atomic E-state index is 1.06. The molecule has 1 N–H and O–H groups in total. The van der Waals surface area contributed by atoms with Crippen LogP contribution in [0.1, 0.15) is 24.0 Å². The zero-order chi connectivity index (χ0) is 11.4. The van der Waals surface area contributed by atoms with Crippen molar-refractivity contribution in [2.24, 2.45) is 0 Å². The number of likely N-dealkylation sites (tertiary alicyclic amines) is 1. The molecular weight excluding hydrogens is 196 g/mol. The smallest absolute Gasteiger partial charge is 0.0370 e. The summed E-state index contributed by atoms with van der Waals surface area (Å²) in [5.74, 6) is 0. The fourth-order valence-electron chi connectivity index (χ4n) is 2.37. The van der Waals surface area contributed by atoms with Crippen LogP contribution >= 0.6 is 0 Å². The first-order valence-electron chi connectivity index (χ1n) is 6.29. The van der Waals surface area contributed by atoms with E-state index in [2.05, 4.69) is 42.3 Å². The Kier molecular flexibility index (Phi) is 3.83. The molecule has 1 aromatic rings. The van der Waals surface area contributed by atoms with Gasteiger partial charge in [0.15, 0.2) is 0 Å². The number of rotatable bonds is 4. The summed E-state index contributed by atoms with van der Waals surface area (Å²) in [6.45, 7) is 9.12. The van der Waals surface area contributed by atoms with Crippen molar-refractivity contribution in [3.05, 3.63) is 29.3 Å². The molecule has 2 rings (SSSR count). The highest BCUT2D eigenvalue weighted by Gasteiger charge is 2.10. The van der Waals surface area contributed by atoms with Gasteiger partial charge in [0.25, 0.3) is 0 Å². The van der Waals surface area contributed by atoms with E-state index in [1.165, 1.54) is 49.3 Å². The number of hydrogen-bond acceptors (Lipinski definition) is 2. The van der Waals surface area contributed by atoms with Crippen LogP contribution in [-0.4, -0.2) is 31.1 Å². The summed E-state index contributed by atoms with van der Waals surface area (Å²) in [5.41, 5.74) is 3.97. The predicted octanol–water partition coefficient (Wildman–Crippen LogP) is 2.81. The maximum absolute atomic E-state index is 3.53. The third kappa shape index (κ3) is 2.99. The number of anilines is 1. The van der Waals surface area contributed by atoms with E-state index in [1.54, 1.807) is 0 Å². The summed E-state index contributed by atoms with van der Waals surface area (Å²) in [4.78, 5) is 2.54. The second-order valence-electron chi connectivity index (χ2n) is 4.79. The van der Waals surface area contributed by atoms with Gasteiger partial charge < -0.3 is 10.2 Å². The predicted molar refractivity (Wildman–Crippen MR) is 70.1 cm³/mol. The van der Waals surface area contributed by atoms with Gasteiger partial charge in [-0.15, -0.1) is 0 Å². The first-order valence-corrected chi connectivity index (χ1v) is 6.29. The van der Waals surface area contributed by atoms with Gasteiger partial charge in [0, 0.05) is 18.8 Å². The standard InChI is InChI=1S/C14H22N2/c1-12-5-6-14(13(2)11-12)15-7-10-16-8-3-4-9-16/h5-6,11,15H,3-4,7-10H2,1-2H3. The van der Waals surface area contributed by atoms with Gasteiger partial charge in [0.1, 0.15) is 0 Å². The van der Waals surface area contributed by atoms with Crippen molar-refractivity contribution in [3.63, 3.8) is 0 Å². The molecule has 0 spiro atoms. The zero-order valence-electron chi connectivity index (χ0n) is 10.4. The van der Waals surface area contributed by atoms with E-state index in [0.29, 0.717) is 0 Å². The lowest BCUT2D eigenvalue weighted by Crippen LogP contribution is -2.26. The van der Waals surface area contributed by atoms with Crippen LogP contribution in [0.3, 0.4) is 0 Å². The molecule has 1 heterocycles. The Hall–Kier alpha value is -1.02. The average molecular weight is 218 g/mol. The third-order valence-electron chi connectivity index (χ3n) is 3.32. The fourth-order valence-corrected chi connectivity index (χ4v) is 2.37. The van der Waals surface area contributed by atoms with Crippen LogP contribution in [0.5, 0.6) is 0 Å². The molecule has 1 aromatic carbocycles. The van der Waals surface area contributed by atoms with Gasteiger partial charge in [-0.2, -0.15) is 0 Å². The van der Waals surface area contributed by atoms with E-state index in [1.807, 2.05) is 0 Å². The van der Waals surface area contributed by atoms with Crippen molar-refractivity contribution in [2.75, 3.05) is 31.5 Å². The van der Waals surface area contributed by atoms with Crippen molar-refractivity contribution in [2.45, 2.75) is 26.7 Å². The topological polar surface area (TPSA) is 15.3 Å². The summed E-state index contributed by atoms with van der Waals surface area (Å²) >= 11 is 0. The first kappa shape index (κ1) is 11.5. The SMILES string of the molecule is Cc1ccc(NCCN2CCCC2)c(C)c1. The van der Waals surface area contributed by atoms with E-state index in [0.717, 1.165) is 6.54 Å². The van der Waals surface area contributed by atoms with Crippen molar-refractivity contribution in [1.82, 2.24) is 4.90 Å². The Morgan fingerprint density at radius 2 is 1.94 bits per heavy atom. The summed E-state index contributed by atoms with van der Waals surface area (Å²) < 4.78 is 0. The van der Waals surface area contributed by atoms with Crippen LogP contribution in [0.15, 0.2) is 18.2 Å². The number of nitrogens with one attached hydrogen (secondary N) is 1. The molecule has 1 saturated heterocycles. The zero-order valence-corrected chi connectivity index (χ0v) is 10.4. The third-order valence-corrected chi connectivity index (χ3v) is 3.32. The lowest BCUT2D eigenvalue weighted by Gasteiger charge is -2.16.